The average Bonchev–Trinajstić information content (AvgIpc) is 2.96. The summed E-state index contributed by atoms with van der Waals surface area (Å²) < 4.78 is 12.9. The number of aromatic nitrogens is 4. The predicted octanol–water partition coefficient (Wildman–Crippen LogP) is -1.89. The number of fused-ring (bicyclic) bond motifs is 3. The highest BCUT2D eigenvalue weighted by Gasteiger charge is 2.56. The molecule has 2 aromatic heterocycles. The maximum Gasteiger partial charge on any atom is 0.280 e. The number of ether oxygens (including phenoxy) is 2. The van der Waals surface area contributed by atoms with Crippen LogP contribution in [0.4, 0.5) is 5.95 Å². The second-order valence-corrected chi connectivity index (χ2v) is 5.60. The summed E-state index contributed by atoms with van der Waals surface area (Å²) in [6.07, 6.45) is -0.142. The number of hydrogen-bond donors (Lipinski definition) is 4. The molecule has 0 amide bonds. The number of anilines is 1. The van der Waals surface area contributed by atoms with Gasteiger partial charge in [-0.25, -0.2) is 4.98 Å². The van der Waals surface area contributed by atoms with Crippen molar-refractivity contribution in [2.45, 2.75) is 30.5 Å². The van der Waals surface area contributed by atoms with Crippen LogP contribution in [-0.2, 0) is 9.47 Å². The Bertz CT molecular complexity index is 788. The molecule has 5 N–H and O–H groups in total. The summed E-state index contributed by atoms with van der Waals surface area (Å²) >= 11 is 0. The van der Waals surface area contributed by atoms with Gasteiger partial charge in [-0.05, 0) is 0 Å². The summed E-state index contributed by atoms with van der Waals surface area (Å²) in [7, 11) is 0. The molecule has 0 aromatic carbocycles. The van der Waals surface area contributed by atoms with E-state index in [1.165, 1.54) is 6.33 Å². The topological polar surface area (TPSA) is 149 Å². The van der Waals surface area contributed by atoms with Gasteiger partial charge in [0.05, 0.1) is 25.6 Å². The van der Waals surface area contributed by atoms with Crippen LogP contribution >= 0.6 is 0 Å². The van der Waals surface area contributed by atoms with Crippen molar-refractivity contribution in [3.8, 4) is 0 Å². The van der Waals surface area contributed by atoms with Gasteiger partial charge in [-0.1, -0.05) is 0 Å². The fraction of sp³-hybridized carbons (Fsp3) is 0.583. The van der Waals surface area contributed by atoms with Gasteiger partial charge in [0.1, 0.15) is 17.9 Å². The van der Waals surface area contributed by atoms with E-state index in [-0.39, 0.29) is 30.3 Å². The van der Waals surface area contributed by atoms with Crippen LogP contribution in [0.1, 0.15) is 12.6 Å². The second-order valence-electron chi connectivity index (χ2n) is 5.60. The van der Waals surface area contributed by atoms with Gasteiger partial charge in [0.25, 0.3) is 5.56 Å². The van der Waals surface area contributed by atoms with E-state index >= 15 is 0 Å². The monoisotopic (exact) mass is 309 g/mol. The number of nitrogens with two attached hydrogens (primary N) is 1. The number of hydrogen-bond acceptors (Lipinski definition) is 8. The molecule has 1 unspecified atom stereocenters. The Morgan fingerprint density at radius 1 is 1.59 bits per heavy atom. The number of aliphatic hydroxyl groups is 2. The van der Waals surface area contributed by atoms with E-state index in [4.69, 9.17) is 15.2 Å². The Labute approximate surface area is 123 Å². The summed E-state index contributed by atoms with van der Waals surface area (Å²) in [5.74, 6) is -0.0220. The minimum Gasteiger partial charge on any atom is -0.393 e. The Morgan fingerprint density at radius 3 is 3.18 bits per heavy atom. The average molecular weight is 309 g/mol. The molecule has 0 radical (unpaired) electrons. The molecule has 2 aromatic rings. The molecule has 2 fully saturated rings. The van der Waals surface area contributed by atoms with Crippen molar-refractivity contribution in [2.75, 3.05) is 18.9 Å². The first-order valence-corrected chi connectivity index (χ1v) is 6.85. The van der Waals surface area contributed by atoms with Crippen molar-refractivity contribution in [1.82, 2.24) is 19.5 Å². The summed E-state index contributed by atoms with van der Waals surface area (Å²) in [6.45, 7) is -0.265. The molecule has 118 valence electrons. The molecule has 0 saturated carbocycles. The van der Waals surface area contributed by atoms with Crippen molar-refractivity contribution in [3.63, 3.8) is 0 Å². The number of nitrogens with zero attached hydrogens (tertiary/aromatic N) is 3. The van der Waals surface area contributed by atoms with E-state index in [2.05, 4.69) is 15.0 Å². The molecule has 10 nitrogen and oxygen atoms in total. The van der Waals surface area contributed by atoms with Crippen LogP contribution in [0.3, 0.4) is 0 Å². The summed E-state index contributed by atoms with van der Waals surface area (Å²) in [6, 6.07) is 0. The first-order chi connectivity index (χ1) is 10.5. The number of imidazole rings is 1. The van der Waals surface area contributed by atoms with Crippen LogP contribution in [0.5, 0.6) is 0 Å². The SMILES string of the molecule is Nc1nc2c(ncn2[C@H]2CC3OC[C@](CO)(O2)[C@H]3O)c(=O)[nH]1. The lowest BCUT2D eigenvalue weighted by Gasteiger charge is -2.39. The number of nitrogens with one attached hydrogen (secondary N) is 1. The maximum atomic E-state index is 11.8. The normalized spacial score (nSPS) is 34.4. The van der Waals surface area contributed by atoms with Gasteiger partial charge in [-0.2, -0.15) is 4.98 Å². The molecule has 4 heterocycles. The lowest BCUT2D eigenvalue weighted by atomic mass is 9.92. The van der Waals surface area contributed by atoms with Gasteiger partial charge >= 0.3 is 0 Å². The van der Waals surface area contributed by atoms with Crippen LogP contribution in [-0.4, -0.2) is 60.8 Å². The number of rotatable bonds is 2. The number of nitrogen functional groups attached to an aromatic ring is 1. The van der Waals surface area contributed by atoms with Crippen LogP contribution in [0.15, 0.2) is 11.1 Å². The van der Waals surface area contributed by atoms with Crippen LogP contribution in [0.25, 0.3) is 11.2 Å². The van der Waals surface area contributed by atoms with Crippen LogP contribution in [0.2, 0.25) is 0 Å². The fourth-order valence-corrected chi connectivity index (χ4v) is 3.08. The van der Waals surface area contributed by atoms with Crippen LogP contribution < -0.4 is 11.3 Å². The Morgan fingerprint density at radius 2 is 2.41 bits per heavy atom. The number of aromatic amines is 1. The fourth-order valence-electron chi connectivity index (χ4n) is 3.08. The quantitative estimate of drug-likeness (QED) is 0.503. The highest BCUT2D eigenvalue weighted by Crippen LogP contribution is 2.41. The van der Waals surface area contributed by atoms with Gasteiger partial charge in [0, 0.05) is 6.42 Å². The van der Waals surface area contributed by atoms with E-state index in [0.717, 1.165) is 0 Å². The standard InChI is InChI=1S/C12H15N5O5/c13-11-15-9-7(10(20)16-11)14-4-17(9)6-1-5-8(19)12(2-18,22-6)3-21-5/h4-6,8,18-19H,1-3H2,(H3,13,15,16,20)/t5?,6-,8+,12+/m1/s1. The highest BCUT2D eigenvalue weighted by atomic mass is 16.6. The van der Waals surface area contributed by atoms with E-state index in [9.17, 15) is 15.0 Å². The Kier molecular flexibility index (Phi) is 2.78. The van der Waals surface area contributed by atoms with Crippen molar-refractivity contribution in [3.05, 3.63) is 16.7 Å². The molecule has 2 bridgehead atoms. The minimum absolute atomic E-state index is 0.0220. The first-order valence-electron chi connectivity index (χ1n) is 6.85. The molecule has 2 aliphatic heterocycles. The van der Waals surface area contributed by atoms with E-state index in [1.54, 1.807) is 4.57 Å². The zero-order valence-electron chi connectivity index (χ0n) is 11.5. The molecule has 2 saturated heterocycles. The van der Waals surface area contributed by atoms with E-state index < -0.39 is 29.6 Å². The summed E-state index contributed by atoms with van der Waals surface area (Å²) in [4.78, 5) is 22.3. The zero-order valence-corrected chi connectivity index (χ0v) is 11.5. The van der Waals surface area contributed by atoms with Crippen molar-refractivity contribution in [1.29, 1.82) is 0 Å². The Balaban J connectivity index is 1.79. The zero-order chi connectivity index (χ0) is 15.5. The van der Waals surface area contributed by atoms with Gasteiger partial charge < -0.3 is 25.4 Å². The molecule has 0 spiro atoms. The summed E-state index contributed by atoms with van der Waals surface area (Å²) in [5.41, 5.74) is 4.40. The van der Waals surface area contributed by atoms with Gasteiger partial charge in [0.15, 0.2) is 11.2 Å². The third-order valence-electron chi connectivity index (χ3n) is 4.27. The molecule has 4 rings (SSSR count). The summed E-state index contributed by atoms with van der Waals surface area (Å²) in [5, 5.41) is 19.7. The minimum atomic E-state index is -1.17. The molecular formula is C12H15N5O5. The van der Waals surface area contributed by atoms with E-state index in [1.807, 2.05) is 0 Å². The largest absolute Gasteiger partial charge is 0.393 e. The van der Waals surface area contributed by atoms with Crippen molar-refractivity contribution >= 4 is 17.1 Å². The smallest absolute Gasteiger partial charge is 0.280 e. The number of H-pyrrole nitrogens is 1. The van der Waals surface area contributed by atoms with Gasteiger partial charge in [0.2, 0.25) is 5.95 Å². The first kappa shape index (κ1) is 13.6. The molecular weight excluding hydrogens is 294 g/mol. The Hall–Kier alpha value is -2.01. The third-order valence-corrected chi connectivity index (χ3v) is 4.27. The van der Waals surface area contributed by atoms with Crippen LogP contribution in [0, 0.1) is 0 Å². The highest BCUT2D eigenvalue weighted by molar-refractivity contribution is 5.70. The van der Waals surface area contributed by atoms with E-state index in [0.29, 0.717) is 6.42 Å². The molecule has 2 aliphatic rings. The van der Waals surface area contributed by atoms with Gasteiger partial charge in [-0.3, -0.25) is 14.3 Å². The molecule has 10 heteroatoms. The lowest BCUT2D eigenvalue weighted by Crippen LogP contribution is -2.54. The molecule has 4 atom stereocenters. The molecule has 0 aliphatic carbocycles. The number of aliphatic hydroxyl groups excluding tert-OH is 2. The third kappa shape index (κ3) is 1.72. The molecule has 22 heavy (non-hydrogen) atoms. The van der Waals surface area contributed by atoms with Gasteiger partial charge in [-0.15, -0.1) is 0 Å². The van der Waals surface area contributed by atoms with Crippen molar-refractivity contribution in [2.24, 2.45) is 0 Å². The van der Waals surface area contributed by atoms with Crippen molar-refractivity contribution < 1.29 is 19.7 Å². The maximum absolute atomic E-state index is 11.8. The second kappa shape index (κ2) is 4.49. The predicted molar refractivity (Wildman–Crippen MR) is 72.9 cm³/mol. The lowest BCUT2D eigenvalue weighted by molar-refractivity contribution is -0.206.